The van der Waals surface area contributed by atoms with Crippen molar-refractivity contribution < 1.29 is 4.79 Å². The molecule has 0 saturated heterocycles. The predicted molar refractivity (Wildman–Crippen MR) is 100 cm³/mol. The number of hydrogen-bond acceptors (Lipinski definition) is 2. The lowest BCUT2D eigenvalue weighted by Crippen LogP contribution is -2.27. The van der Waals surface area contributed by atoms with Crippen LogP contribution in [-0.4, -0.2) is 12.3 Å². The van der Waals surface area contributed by atoms with Crippen molar-refractivity contribution in [1.29, 1.82) is 0 Å². The molecule has 0 saturated carbocycles. The Bertz CT molecular complexity index is 692. The van der Waals surface area contributed by atoms with Crippen LogP contribution in [0.4, 0.5) is 5.69 Å². The third kappa shape index (κ3) is 4.05. The summed E-state index contributed by atoms with van der Waals surface area (Å²) in [6, 6.07) is 17.6. The average molecular weight is 321 g/mol. The molecule has 0 radical (unpaired) electrons. The summed E-state index contributed by atoms with van der Waals surface area (Å²) in [6.07, 6.45) is 5.67. The maximum atomic E-state index is 11.5. The van der Waals surface area contributed by atoms with Crippen molar-refractivity contribution in [2.24, 2.45) is 0 Å². The van der Waals surface area contributed by atoms with Crippen LogP contribution in [0.25, 0.3) is 0 Å². The minimum absolute atomic E-state index is 0.383. The number of aryl methyl sites for hydroxylation is 2. The predicted octanol–water partition coefficient (Wildman–Crippen LogP) is 4.94. The van der Waals surface area contributed by atoms with E-state index in [9.17, 15) is 4.79 Å². The van der Waals surface area contributed by atoms with Gasteiger partial charge in [0.15, 0.2) is 0 Å². The summed E-state index contributed by atoms with van der Waals surface area (Å²) in [7, 11) is 0. The number of para-hydroxylation sites is 1. The molecule has 2 aromatic rings. The molecule has 0 aromatic heterocycles. The van der Waals surface area contributed by atoms with Gasteiger partial charge in [0.2, 0.25) is 0 Å². The Morgan fingerprint density at radius 1 is 0.917 bits per heavy atom. The van der Waals surface area contributed by atoms with Crippen LogP contribution in [-0.2, 0) is 24.2 Å². The normalized spacial score (nSPS) is 13.6. The van der Waals surface area contributed by atoms with E-state index in [0.29, 0.717) is 12.2 Å². The van der Waals surface area contributed by atoms with Crippen LogP contribution in [0.15, 0.2) is 48.5 Å². The fourth-order valence-electron chi connectivity index (χ4n) is 3.55. The quantitative estimate of drug-likeness (QED) is 0.702. The Kier molecular flexibility index (Phi) is 5.68. The lowest BCUT2D eigenvalue weighted by atomic mass is 9.95. The molecule has 0 spiro atoms. The standard InChI is InChI=1S/C22H27NO/c1-2-21(24)12-7-8-16-23-17-20-11-4-3-9-18(20)14-15-19-10-5-6-13-22(19)23/h3-6,9-11,13H,2,7-8,12,14-17H2,1H3. The van der Waals surface area contributed by atoms with E-state index in [0.717, 1.165) is 45.2 Å². The van der Waals surface area contributed by atoms with Crippen molar-refractivity contribution in [3.05, 3.63) is 65.2 Å². The summed E-state index contributed by atoms with van der Waals surface area (Å²) in [6.45, 7) is 3.94. The molecule has 0 amide bonds. The molecule has 0 fully saturated rings. The smallest absolute Gasteiger partial charge is 0.132 e. The highest BCUT2D eigenvalue weighted by molar-refractivity contribution is 5.77. The molecule has 126 valence electrons. The minimum atomic E-state index is 0.383. The molecule has 1 aliphatic heterocycles. The number of carbonyl (C=O) groups is 1. The lowest BCUT2D eigenvalue weighted by Gasteiger charge is -2.30. The van der Waals surface area contributed by atoms with E-state index >= 15 is 0 Å². The van der Waals surface area contributed by atoms with Crippen LogP contribution in [0.5, 0.6) is 0 Å². The van der Waals surface area contributed by atoms with Gasteiger partial charge in [0.1, 0.15) is 5.78 Å². The zero-order valence-corrected chi connectivity index (χ0v) is 14.6. The molecule has 3 rings (SSSR count). The van der Waals surface area contributed by atoms with Gasteiger partial charge in [-0.1, -0.05) is 49.4 Å². The molecular formula is C22H27NO. The Labute approximate surface area is 145 Å². The number of anilines is 1. The summed E-state index contributed by atoms with van der Waals surface area (Å²) >= 11 is 0. The monoisotopic (exact) mass is 321 g/mol. The average Bonchev–Trinajstić information content (AvgIpc) is 2.61. The van der Waals surface area contributed by atoms with E-state index in [2.05, 4.69) is 53.4 Å². The van der Waals surface area contributed by atoms with Gasteiger partial charge in [0.25, 0.3) is 0 Å². The first-order valence-electron chi connectivity index (χ1n) is 9.19. The first-order valence-corrected chi connectivity index (χ1v) is 9.19. The van der Waals surface area contributed by atoms with Gasteiger partial charge in [-0.3, -0.25) is 4.79 Å². The van der Waals surface area contributed by atoms with E-state index in [1.165, 1.54) is 22.4 Å². The van der Waals surface area contributed by atoms with E-state index in [4.69, 9.17) is 0 Å². The Balaban J connectivity index is 1.75. The van der Waals surface area contributed by atoms with Gasteiger partial charge in [-0.15, -0.1) is 0 Å². The summed E-state index contributed by atoms with van der Waals surface area (Å²) in [4.78, 5) is 14.0. The fraction of sp³-hybridized carbons (Fsp3) is 0.409. The maximum absolute atomic E-state index is 11.5. The van der Waals surface area contributed by atoms with Crippen LogP contribution >= 0.6 is 0 Å². The molecule has 0 unspecified atom stereocenters. The summed E-state index contributed by atoms with van der Waals surface area (Å²) in [5, 5.41) is 0. The molecule has 24 heavy (non-hydrogen) atoms. The van der Waals surface area contributed by atoms with E-state index in [-0.39, 0.29) is 0 Å². The molecular weight excluding hydrogens is 294 g/mol. The van der Waals surface area contributed by atoms with E-state index < -0.39 is 0 Å². The number of carbonyl (C=O) groups excluding carboxylic acids is 1. The summed E-state index contributed by atoms with van der Waals surface area (Å²) < 4.78 is 0. The number of nitrogens with zero attached hydrogens (tertiary/aromatic N) is 1. The highest BCUT2D eigenvalue weighted by Gasteiger charge is 2.16. The zero-order valence-electron chi connectivity index (χ0n) is 14.6. The molecule has 0 aliphatic carbocycles. The first-order chi connectivity index (χ1) is 11.8. The fourth-order valence-corrected chi connectivity index (χ4v) is 3.55. The molecule has 1 heterocycles. The van der Waals surface area contributed by atoms with Crippen molar-refractivity contribution in [1.82, 2.24) is 0 Å². The summed E-state index contributed by atoms with van der Waals surface area (Å²) in [5.74, 6) is 0.383. The second-order valence-electron chi connectivity index (χ2n) is 6.67. The Morgan fingerprint density at radius 2 is 1.58 bits per heavy atom. The maximum Gasteiger partial charge on any atom is 0.132 e. The lowest BCUT2D eigenvalue weighted by molar-refractivity contribution is -0.118. The first kappa shape index (κ1) is 16.8. The van der Waals surface area contributed by atoms with Crippen molar-refractivity contribution in [3.8, 4) is 0 Å². The number of rotatable bonds is 6. The number of hydrogen-bond donors (Lipinski definition) is 0. The van der Waals surface area contributed by atoms with E-state index in [1.54, 1.807) is 0 Å². The third-order valence-electron chi connectivity index (χ3n) is 5.00. The van der Waals surface area contributed by atoms with Crippen molar-refractivity contribution >= 4 is 11.5 Å². The third-order valence-corrected chi connectivity index (χ3v) is 5.00. The SMILES string of the molecule is CCC(=O)CCCCN1Cc2ccccc2CCc2ccccc21. The van der Waals surface area contributed by atoms with Crippen LogP contribution in [0.3, 0.4) is 0 Å². The Hall–Kier alpha value is -2.09. The Morgan fingerprint density at radius 3 is 2.38 bits per heavy atom. The van der Waals surface area contributed by atoms with Gasteiger partial charge >= 0.3 is 0 Å². The number of benzene rings is 2. The number of fused-ring (bicyclic) bond motifs is 2. The van der Waals surface area contributed by atoms with Gasteiger partial charge in [-0.25, -0.2) is 0 Å². The second kappa shape index (κ2) is 8.14. The molecule has 0 N–H and O–H groups in total. The zero-order chi connectivity index (χ0) is 16.8. The molecule has 0 bridgehead atoms. The van der Waals surface area contributed by atoms with Crippen LogP contribution in [0.2, 0.25) is 0 Å². The second-order valence-corrected chi connectivity index (χ2v) is 6.67. The van der Waals surface area contributed by atoms with Crippen molar-refractivity contribution in [3.63, 3.8) is 0 Å². The van der Waals surface area contributed by atoms with Gasteiger partial charge < -0.3 is 4.90 Å². The van der Waals surface area contributed by atoms with Gasteiger partial charge in [-0.05, 0) is 48.4 Å². The van der Waals surface area contributed by atoms with Crippen LogP contribution in [0, 0.1) is 0 Å². The molecule has 2 nitrogen and oxygen atoms in total. The summed E-state index contributed by atoms with van der Waals surface area (Å²) in [5.41, 5.74) is 5.72. The van der Waals surface area contributed by atoms with E-state index in [1.807, 2.05) is 6.92 Å². The molecule has 2 aromatic carbocycles. The number of ketones is 1. The van der Waals surface area contributed by atoms with Gasteiger partial charge in [0.05, 0.1) is 0 Å². The van der Waals surface area contributed by atoms with Crippen LogP contribution < -0.4 is 4.90 Å². The minimum Gasteiger partial charge on any atom is -0.367 e. The molecule has 2 heteroatoms. The van der Waals surface area contributed by atoms with Gasteiger partial charge in [0, 0.05) is 31.6 Å². The van der Waals surface area contributed by atoms with Crippen LogP contribution in [0.1, 0.15) is 49.3 Å². The number of unbranched alkanes of at least 4 members (excludes halogenated alkanes) is 1. The topological polar surface area (TPSA) is 20.3 Å². The highest BCUT2D eigenvalue weighted by Crippen LogP contribution is 2.28. The van der Waals surface area contributed by atoms with Crippen molar-refractivity contribution in [2.75, 3.05) is 11.4 Å². The largest absolute Gasteiger partial charge is 0.367 e. The highest BCUT2D eigenvalue weighted by atomic mass is 16.1. The number of Topliss-reactive ketones (excluding diaryl/α,β-unsaturated/α-hetero) is 1. The van der Waals surface area contributed by atoms with Crippen molar-refractivity contribution in [2.45, 2.75) is 52.0 Å². The molecule has 0 atom stereocenters. The van der Waals surface area contributed by atoms with Gasteiger partial charge in [-0.2, -0.15) is 0 Å². The molecule has 1 aliphatic rings.